The fourth-order valence-electron chi connectivity index (χ4n) is 1.72. The number of thiophene rings is 1. The smallest absolute Gasteiger partial charge is 0.363 e. The van der Waals surface area contributed by atoms with E-state index >= 15 is 0 Å². The molecule has 1 aliphatic rings. The molecule has 0 unspecified atom stereocenters. The van der Waals surface area contributed by atoms with Crippen LogP contribution in [0.4, 0.5) is 4.39 Å². The maximum absolute atomic E-state index is 13.6. The number of carbonyl (C=O) groups excluding carboxylic acids is 1. The van der Waals surface area contributed by atoms with Gasteiger partial charge in [-0.2, -0.15) is 0 Å². The van der Waals surface area contributed by atoms with Crippen LogP contribution in [0, 0.1) is 5.82 Å². The minimum atomic E-state index is -0.578. The number of ether oxygens (including phenoxy) is 1. The number of rotatable bonds is 2. The molecule has 0 spiro atoms. The first-order valence-electron chi connectivity index (χ1n) is 5.65. The topological polar surface area (TPSA) is 38.7 Å². The summed E-state index contributed by atoms with van der Waals surface area (Å²) in [6.07, 6.45) is 1.61. The van der Waals surface area contributed by atoms with E-state index in [9.17, 15) is 9.18 Å². The molecular weight excluding hydrogens is 345 g/mol. The van der Waals surface area contributed by atoms with Gasteiger partial charge in [0.2, 0.25) is 5.90 Å². The first-order chi connectivity index (χ1) is 9.63. The lowest BCUT2D eigenvalue weighted by Gasteiger charge is -1.99. The predicted octanol–water partition coefficient (Wildman–Crippen LogP) is 3.99. The zero-order chi connectivity index (χ0) is 14.1. The van der Waals surface area contributed by atoms with E-state index in [1.54, 1.807) is 18.2 Å². The average Bonchev–Trinajstić information content (AvgIpc) is 2.98. The Morgan fingerprint density at radius 2 is 2.15 bits per heavy atom. The number of carbonyl (C=O) groups is 1. The van der Waals surface area contributed by atoms with E-state index < -0.39 is 11.8 Å². The summed E-state index contributed by atoms with van der Waals surface area (Å²) in [5.74, 6) is -1.06. The molecule has 0 aliphatic carbocycles. The fourth-order valence-corrected chi connectivity index (χ4v) is 2.85. The third-order valence-electron chi connectivity index (χ3n) is 2.62. The lowest BCUT2D eigenvalue weighted by Crippen LogP contribution is -2.07. The molecule has 1 aromatic carbocycles. The van der Waals surface area contributed by atoms with Crippen LogP contribution in [0.1, 0.15) is 11.1 Å². The van der Waals surface area contributed by atoms with Gasteiger partial charge in [0, 0.05) is 0 Å². The van der Waals surface area contributed by atoms with Crippen molar-refractivity contribution in [2.75, 3.05) is 0 Å². The Morgan fingerprint density at radius 3 is 2.85 bits per heavy atom. The zero-order valence-electron chi connectivity index (χ0n) is 9.97. The number of hydrogen-bond donors (Lipinski definition) is 0. The summed E-state index contributed by atoms with van der Waals surface area (Å²) in [6.45, 7) is 0. The number of cyclic esters (lactones) is 1. The summed E-state index contributed by atoms with van der Waals surface area (Å²) < 4.78 is 19.6. The Morgan fingerprint density at radius 1 is 1.35 bits per heavy atom. The maximum Gasteiger partial charge on any atom is 0.363 e. The molecule has 0 amide bonds. The van der Waals surface area contributed by atoms with E-state index in [1.165, 1.54) is 23.5 Å². The molecule has 3 nitrogen and oxygen atoms in total. The van der Waals surface area contributed by atoms with Gasteiger partial charge in [0.05, 0.1) is 9.35 Å². The van der Waals surface area contributed by atoms with Crippen LogP contribution in [0.2, 0.25) is 0 Å². The lowest BCUT2D eigenvalue weighted by atomic mass is 10.2. The highest BCUT2D eigenvalue weighted by Gasteiger charge is 2.25. The lowest BCUT2D eigenvalue weighted by molar-refractivity contribution is -0.129. The van der Waals surface area contributed by atoms with Crippen LogP contribution in [0.3, 0.4) is 0 Å². The zero-order valence-corrected chi connectivity index (χ0v) is 12.4. The molecule has 2 aromatic rings. The normalized spacial score (nSPS) is 16.4. The van der Waals surface area contributed by atoms with Crippen molar-refractivity contribution in [2.24, 2.45) is 4.99 Å². The van der Waals surface area contributed by atoms with Crippen molar-refractivity contribution >= 4 is 45.2 Å². The minimum Gasteiger partial charge on any atom is -0.402 e. The Bertz CT molecular complexity index is 751. The summed E-state index contributed by atoms with van der Waals surface area (Å²) in [4.78, 5) is 15.8. The highest BCUT2D eigenvalue weighted by atomic mass is 79.9. The van der Waals surface area contributed by atoms with E-state index in [0.717, 1.165) is 9.35 Å². The van der Waals surface area contributed by atoms with Crippen LogP contribution in [0.25, 0.3) is 6.08 Å². The van der Waals surface area contributed by atoms with Crippen molar-refractivity contribution in [1.82, 2.24) is 0 Å². The second-order valence-electron chi connectivity index (χ2n) is 4.00. The molecule has 0 atom stereocenters. The third-order valence-corrected chi connectivity index (χ3v) is 4.14. The van der Waals surface area contributed by atoms with Gasteiger partial charge < -0.3 is 4.74 Å². The number of nitrogens with zero attached hydrogens (tertiary/aromatic N) is 1. The van der Waals surface area contributed by atoms with E-state index in [4.69, 9.17) is 4.74 Å². The summed E-state index contributed by atoms with van der Waals surface area (Å²) in [5, 5.41) is 1.88. The minimum absolute atomic E-state index is 0.00588. The molecular formula is C14H7BrFNO2S. The van der Waals surface area contributed by atoms with Crippen LogP contribution in [0.5, 0.6) is 0 Å². The van der Waals surface area contributed by atoms with E-state index in [2.05, 4.69) is 20.9 Å². The number of halogens is 2. The molecule has 0 saturated heterocycles. The van der Waals surface area contributed by atoms with Crippen LogP contribution in [0.15, 0.2) is 50.2 Å². The van der Waals surface area contributed by atoms with Gasteiger partial charge in [-0.25, -0.2) is 14.2 Å². The molecule has 0 fully saturated rings. The van der Waals surface area contributed by atoms with Gasteiger partial charge in [-0.15, -0.1) is 11.3 Å². The standard InChI is InChI=1S/C14H7BrFNO2S/c15-12-6-8(7-20-12)5-11-14(18)19-13(17-11)9-3-1-2-4-10(9)16/h1-7H. The van der Waals surface area contributed by atoms with Crippen molar-refractivity contribution in [3.05, 3.63) is 62.1 Å². The van der Waals surface area contributed by atoms with E-state index in [0.29, 0.717) is 0 Å². The first kappa shape index (κ1) is 13.2. The molecule has 3 rings (SSSR count). The first-order valence-corrected chi connectivity index (χ1v) is 7.32. The predicted molar refractivity (Wildman–Crippen MR) is 79.0 cm³/mol. The second kappa shape index (κ2) is 5.30. The fraction of sp³-hybridized carbons (Fsp3) is 0. The van der Waals surface area contributed by atoms with Gasteiger partial charge in [0.1, 0.15) is 5.82 Å². The molecule has 0 radical (unpaired) electrons. The van der Waals surface area contributed by atoms with Gasteiger partial charge in [-0.1, -0.05) is 12.1 Å². The Labute approximate surface area is 126 Å². The Balaban J connectivity index is 1.97. The average molecular weight is 352 g/mol. The van der Waals surface area contributed by atoms with Crippen molar-refractivity contribution < 1.29 is 13.9 Å². The molecule has 0 saturated carbocycles. The molecule has 20 heavy (non-hydrogen) atoms. The van der Waals surface area contributed by atoms with Crippen LogP contribution in [-0.4, -0.2) is 11.9 Å². The maximum atomic E-state index is 13.6. The number of hydrogen-bond acceptors (Lipinski definition) is 4. The van der Waals surface area contributed by atoms with Crippen LogP contribution >= 0.6 is 27.3 Å². The molecule has 0 bridgehead atoms. The Hall–Kier alpha value is -1.79. The van der Waals surface area contributed by atoms with Crippen molar-refractivity contribution in [3.63, 3.8) is 0 Å². The van der Waals surface area contributed by atoms with Gasteiger partial charge in [0.15, 0.2) is 5.70 Å². The van der Waals surface area contributed by atoms with Crippen LogP contribution < -0.4 is 0 Å². The molecule has 1 aliphatic heterocycles. The quantitative estimate of drug-likeness (QED) is 0.606. The van der Waals surface area contributed by atoms with Crippen molar-refractivity contribution in [3.8, 4) is 0 Å². The van der Waals surface area contributed by atoms with Gasteiger partial charge in [0.25, 0.3) is 0 Å². The number of esters is 1. The third kappa shape index (κ3) is 2.57. The molecule has 100 valence electrons. The highest BCUT2D eigenvalue weighted by molar-refractivity contribution is 9.11. The Kier molecular flexibility index (Phi) is 3.50. The van der Waals surface area contributed by atoms with Gasteiger partial charge in [-0.05, 0) is 51.1 Å². The largest absolute Gasteiger partial charge is 0.402 e. The number of benzene rings is 1. The number of aliphatic imine (C=N–C) groups is 1. The van der Waals surface area contributed by atoms with Crippen LogP contribution in [-0.2, 0) is 9.53 Å². The monoisotopic (exact) mass is 351 g/mol. The van der Waals surface area contributed by atoms with E-state index in [-0.39, 0.29) is 17.2 Å². The molecule has 0 N–H and O–H groups in total. The second-order valence-corrected chi connectivity index (χ2v) is 6.29. The van der Waals surface area contributed by atoms with Crippen molar-refractivity contribution in [2.45, 2.75) is 0 Å². The van der Waals surface area contributed by atoms with E-state index in [1.807, 2.05) is 11.4 Å². The van der Waals surface area contributed by atoms with Crippen molar-refractivity contribution in [1.29, 1.82) is 0 Å². The summed E-state index contributed by atoms with van der Waals surface area (Å²) in [6, 6.07) is 7.90. The summed E-state index contributed by atoms with van der Waals surface area (Å²) in [5.41, 5.74) is 1.18. The molecule has 2 heterocycles. The highest BCUT2D eigenvalue weighted by Crippen LogP contribution is 2.25. The van der Waals surface area contributed by atoms with Gasteiger partial charge in [-0.3, -0.25) is 0 Å². The SMILES string of the molecule is O=C1OC(c2ccccc2F)=NC1=Cc1csc(Br)c1. The van der Waals surface area contributed by atoms with Gasteiger partial charge >= 0.3 is 5.97 Å². The molecule has 1 aromatic heterocycles. The summed E-state index contributed by atoms with van der Waals surface area (Å²) in [7, 11) is 0. The summed E-state index contributed by atoms with van der Waals surface area (Å²) >= 11 is 4.84. The molecule has 6 heteroatoms.